The second-order valence-corrected chi connectivity index (χ2v) is 6.11. The maximum Gasteiger partial charge on any atom is 0.146 e. The summed E-state index contributed by atoms with van der Waals surface area (Å²) in [6, 6.07) is 9.42. The smallest absolute Gasteiger partial charge is 0.146 e. The van der Waals surface area contributed by atoms with Crippen molar-refractivity contribution in [2.45, 2.75) is 26.3 Å². The van der Waals surface area contributed by atoms with Crippen LogP contribution in [0.15, 0.2) is 49.1 Å². The third kappa shape index (κ3) is 4.06. The summed E-state index contributed by atoms with van der Waals surface area (Å²) in [5, 5.41) is 12.4. The minimum absolute atomic E-state index is 0.210. The molecule has 0 spiro atoms. The van der Waals surface area contributed by atoms with Gasteiger partial charge in [-0.25, -0.2) is 13.8 Å². The highest BCUT2D eigenvalue weighted by Gasteiger charge is 2.13. The molecule has 1 aromatic heterocycles. The molecule has 0 bridgehead atoms. The highest BCUT2D eigenvalue weighted by atomic mass is 19.1. The monoisotopic (exact) mass is 352 g/mol. The van der Waals surface area contributed by atoms with Crippen molar-refractivity contribution in [3.05, 3.63) is 77.4 Å². The molecule has 1 N–H and O–H groups in total. The Bertz CT molecular complexity index is 943. The summed E-state index contributed by atoms with van der Waals surface area (Å²) < 4.78 is 30.1. The van der Waals surface area contributed by atoms with Crippen LogP contribution in [0, 0.1) is 29.9 Å². The second kappa shape index (κ2) is 7.79. The number of rotatable bonds is 6. The van der Waals surface area contributed by atoms with Gasteiger partial charge in [-0.15, -0.1) is 0 Å². The van der Waals surface area contributed by atoms with E-state index in [0.717, 1.165) is 18.5 Å². The molecule has 0 aliphatic carbocycles. The topological polar surface area (TPSA) is 53.6 Å². The van der Waals surface area contributed by atoms with Crippen LogP contribution in [0.4, 0.5) is 20.2 Å². The summed E-state index contributed by atoms with van der Waals surface area (Å²) in [6.45, 7) is 2.50. The third-order valence-corrected chi connectivity index (χ3v) is 4.11. The van der Waals surface area contributed by atoms with Crippen LogP contribution < -0.4 is 5.32 Å². The SMILES string of the molecule is Cc1ccc(Nc2cc(F)cc(CCCn3ccnc3)c2C#N)c(F)c1. The van der Waals surface area contributed by atoms with Gasteiger partial charge in [-0.1, -0.05) is 6.07 Å². The lowest BCUT2D eigenvalue weighted by Gasteiger charge is -2.13. The Labute approximate surface area is 150 Å². The number of nitrogens with zero attached hydrogens (tertiary/aromatic N) is 3. The van der Waals surface area contributed by atoms with E-state index >= 15 is 0 Å². The predicted molar refractivity (Wildman–Crippen MR) is 96.1 cm³/mol. The average molecular weight is 352 g/mol. The minimum Gasteiger partial charge on any atom is -0.352 e. The van der Waals surface area contributed by atoms with Gasteiger partial charge in [0.15, 0.2) is 0 Å². The molecule has 3 rings (SSSR count). The second-order valence-electron chi connectivity index (χ2n) is 6.11. The highest BCUT2D eigenvalue weighted by molar-refractivity contribution is 5.69. The molecule has 0 fully saturated rings. The summed E-state index contributed by atoms with van der Waals surface area (Å²) >= 11 is 0. The van der Waals surface area contributed by atoms with E-state index in [4.69, 9.17) is 0 Å². The molecular weight excluding hydrogens is 334 g/mol. The average Bonchev–Trinajstić information content (AvgIpc) is 3.11. The molecule has 2 aromatic carbocycles. The van der Waals surface area contributed by atoms with E-state index in [1.807, 2.05) is 10.8 Å². The van der Waals surface area contributed by atoms with Crippen LogP contribution >= 0.6 is 0 Å². The number of nitrogens with one attached hydrogen (secondary N) is 1. The molecule has 0 aliphatic heterocycles. The number of anilines is 2. The first-order chi connectivity index (χ1) is 12.6. The van der Waals surface area contributed by atoms with E-state index in [2.05, 4.69) is 16.4 Å². The number of aromatic nitrogens is 2. The third-order valence-electron chi connectivity index (χ3n) is 4.11. The van der Waals surface area contributed by atoms with E-state index in [9.17, 15) is 14.0 Å². The van der Waals surface area contributed by atoms with Crippen molar-refractivity contribution in [2.24, 2.45) is 0 Å². The zero-order valence-corrected chi connectivity index (χ0v) is 14.3. The van der Waals surface area contributed by atoms with Crippen molar-refractivity contribution in [3.63, 3.8) is 0 Å². The molecule has 0 aliphatic rings. The number of benzene rings is 2. The van der Waals surface area contributed by atoms with Crippen molar-refractivity contribution in [1.29, 1.82) is 5.26 Å². The Hall–Kier alpha value is -3.20. The van der Waals surface area contributed by atoms with Crippen molar-refractivity contribution in [3.8, 4) is 6.07 Å². The summed E-state index contributed by atoms with van der Waals surface area (Å²) in [6.07, 6.45) is 6.52. The quantitative estimate of drug-likeness (QED) is 0.698. The Morgan fingerprint density at radius 1 is 1.19 bits per heavy atom. The van der Waals surface area contributed by atoms with Crippen LogP contribution in [0.1, 0.15) is 23.1 Å². The molecule has 0 saturated heterocycles. The Morgan fingerprint density at radius 2 is 2.04 bits per heavy atom. The van der Waals surface area contributed by atoms with E-state index in [1.54, 1.807) is 31.6 Å². The summed E-state index contributed by atoms with van der Waals surface area (Å²) in [5.74, 6) is -0.906. The normalized spacial score (nSPS) is 10.5. The van der Waals surface area contributed by atoms with Crippen LogP contribution in [-0.4, -0.2) is 9.55 Å². The Kier molecular flexibility index (Phi) is 5.28. The number of hydrogen-bond donors (Lipinski definition) is 1. The maximum atomic E-state index is 14.1. The van der Waals surface area contributed by atoms with Crippen LogP contribution in [-0.2, 0) is 13.0 Å². The van der Waals surface area contributed by atoms with Crippen LogP contribution in [0.3, 0.4) is 0 Å². The van der Waals surface area contributed by atoms with Crippen LogP contribution in [0.25, 0.3) is 0 Å². The first-order valence-electron chi connectivity index (χ1n) is 8.28. The van der Waals surface area contributed by atoms with Gasteiger partial charge in [-0.2, -0.15) is 5.26 Å². The van der Waals surface area contributed by atoms with E-state index in [1.165, 1.54) is 18.2 Å². The van der Waals surface area contributed by atoms with Gasteiger partial charge < -0.3 is 9.88 Å². The number of hydrogen-bond acceptors (Lipinski definition) is 3. The first kappa shape index (κ1) is 17.6. The van der Waals surface area contributed by atoms with Gasteiger partial charge in [-0.3, -0.25) is 0 Å². The first-order valence-corrected chi connectivity index (χ1v) is 8.28. The zero-order chi connectivity index (χ0) is 18.5. The van der Waals surface area contributed by atoms with Gasteiger partial charge in [0.25, 0.3) is 0 Å². The van der Waals surface area contributed by atoms with Crippen LogP contribution in [0.2, 0.25) is 0 Å². The largest absolute Gasteiger partial charge is 0.352 e. The van der Waals surface area contributed by atoms with Crippen molar-refractivity contribution >= 4 is 11.4 Å². The standard InChI is InChI=1S/C20H18F2N4/c1-14-4-5-19(18(22)9-14)25-20-11-16(21)10-15(17(20)12-23)3-2-7-26-8-6-24-13-26/h4-6,8-11,13,25H,2-3,7H2,1H3. The molecule has 0 saturated carbocycles. The fourth-order valence-corrected chi connectivity index (χ4v) is 2.83. The van der Waals surface area contributed by atoms with Crippen molar-refractivity contribution in [2.75, 3.05) is 5.32 Å². The lowest BCUT2D eigenvalue weighted by Crippen LogP contribution is -2.03. The van der Waals surface area contributed by atoms with Gasteiger partial charge >= 0.3 is 0 Å². The van der Waals surface area contributed by atoms with Gasteiger partial charge in [0, 0.05) is 18.9 Å². The van der Waals surface area contributed by atoms with Gasteiger partial charge in [-0.05, 0) is 55.2 Å². The van der Waals surface area contributed by atoms with E-state index < -0.39 is 11.6 Å². The van der Waals surface area contributed by atoms with Gasteiger partial charge in [0.05, 0.1) is 23.3 Å². The lowest BCUT2D eigenvalue weighted by atomic mass is 10.0. The van der Waals surface area contributed by atoms with E-state index in [-0.39, 0.29) is 11.4 Å². The molecule has 6 heteroatoms. The molecule has 3 aromatic rings. The number of imidazole rings is 1. The molecule has 0 amide bonds. The van der Waals surface area contributed by atoms with E-state index in [0.29, 0.717) is 17.5 Å². The molecule has 1 heterocycles. The van der Waals surface area contributed by atoms with Crippen LogP contribution in [0.5, 0.6) is 0 Å². The summed E-state index contributed by atoms with van der Waals surface area (Å²) in [7, 11) is 0. The summed E-state index contributed by atoms with van der Waals surface area (Å²) in [5.41, 5.74) is 2.20. The molecule has 0 atom stereocenters. The fraction of sp³-hybridized carbons (Fsp3) is 0.200. The van der Waals surface area contributed by atoms with Crippen molar-refractivity contribution in [1.82, 2.24) is 9.55 Å². The number of halogens is 2. The minimum atomic E-state index is -0.461. The Balaban J connectivity index is 1.83. The number of aryl methyl sites for hydroxylation is 3. The molecule has 0 unspecified atom stereocenters. The summed E-state index contributed by atoms with van der Waals surface area (Å²) in [4.78, 5) is 3.98. The van der Waals surface area contributed by atoms with Gasteiger partial charge in [0.1, 0.15) is 17.7 Å². The highest BCUT2D eigenvalue weighted by Crippen LogP contribution is 2.27. The Morgan fingerprint density at radius 3 is 2.73 bits per heavy atom. The molecular formula is C20H18F2N4. The van der Waals surface area contributed by atoms with Gasteiger partial charge in [0.2, 0.25) is 0 Å². The van der Waals surface area contributed by atoms with Crippen molar-refractivity contribution < 1.29 is 8.78 Å². The maximum absolute atomic E-state index is 14.1. The number of nitriles is 1. The predicted octanol–water partition coefficient (Wildman–Crippen LogP) is 4.72. The molecule has 0 radical (unpaired) electrons. The molecule has 26 heavy (non-hydrogen) atoms. The fourth-order valence-electron chi connectivity index (χ4n) is 2.83. The molecule has 4 nitrogen and oxygen atoms in total. The zero-order valence-electron chi connectivity index (χ0n) is 14.3. The lowest BCUT2D eigenvalue weighted by molar-refractivity contribution is 0.616. The molecule has 132 valence electrons.